The summed E-state index contributed by atoms with van der Waals surface area (Å²) < 4.78 is 5.24. The molecule has 107 valence electrons. The second-order valence-electron chi connectivity index (χ2n) is 4.96. The summed E-state index contributed by atoms with van der Waals surface area (Å²) in [6, 6.07) is 5.99. The molecule has 5 heteroatoms. The van der Waals surface area contributed by atoms with Crippen molar-refractivity contribution in [2.24, 2.45) is 0 Å². The van der Waals surface area contributed by atoms with Gasteiger partial charge in [-0.05, 0) is 32.4 Å². The summed E-state index contributed by atoms with van der Waals surface area (Å²) in [5, 5.41) is 7.27. The summed E-state index contributed by atoms with van der Waals surface area (Å²) in [7, 11) is 0. The molecule has 2 rings (SSSR count). The summed E-state index contributed by atoms with van der Waals surface area (Å²) in [5.41, 5.74) is 8.45. The van der Waals surface area contributed by atoms with Crippen molar-refractivity contribution in [1.82, 2.24) is 10.1 Å². The molecule has 0 saturated heterocycles. The number of rotatable bonds is 6. The number of hydrogen-bond donors (Lipinski definition) is 2. The molecule has 0 amide bonds. The van der Waals surface area contributed by atoms with Crippen LogP contribution in [0.1, 0.15) is 32.0 Å². The highest BCUT2D eigenvalue weighted by Gasteiger charge is 2.15. The van der Waals surface area contributed by atoms with Crippen molar-refractivity contribution in [2.75, 3.05) is 11.1 Å². The summed E-state index contributed by atoms with van der Waals surface area (Å²) in [4.78, 5) is 4.27. The van der Waals surface area contributed by atoms with E-state index >= 15 is 0 Å². The average molecular weight is 273 g/mol. The van der Waals surface area contributed by atoms with Gasteiger partial charge < -0.3 is 15.6 Å². The lowest BCUT2D eigenvalue weighted by Gasteiger charge is -2.18. The SMILES string of the molecule is [CH2]CCC[C@H](C)Nc1c(N)cccc1-c1nc(C)no1. The number of nitrogen functional groups attached to an aromatic ring is 1. The molecule has 0 unspecified atom stereocenters. The van der Waals surface area contributed by atoms with Crippen LogP contribution in [0.2, 0.25) is 0 Å². The van der Waals surface area contributed by atoms with E-state index in [1.807, 2.05) is 18.2 Å². The number of hydrogen-bond acceptors (Lipinski definition) is 5. The second kappa shape index (κ2) is 6.41. The van der Waals surface area contributed by atoms with Gasteiger partial charge in [0.2, 0.25) is 0 Å². The van der Waals surface area contributed by atoms with E-state index in [1.54, 1.807) is 6.92 Å². The maximum atomic E-state index is 6.08. The third-order valence-electron chi connectivity index (χ3n) is 3.13. The standard InChI is InChI=1S/C15H21N4O/c1-4-5-7-10(2)17-14-12(8-6-9-13(14)16)15-18-11(3)19-20-15/h6,8-10,17H,1,4-5,7,16H2,2-3H3/t10-/m0/s1. The van der Waals surface area contributed by atoms with Crippen LogP contribution < -0.4 is 11.1 Å². The molecule has 1 heterocycles. The van der Waals surface area contributed by atoms with Crippen molar-refractivity contribution in [2.45, 2.75) is 39.2 Å². The van der Waals surface area contributed by atoms with E-state index < -0.39 is 0 Å². The Morgan fingerprint density at radius 3 is 2.90 bits per heavy atom. The third-order valence-corrected chi connectivity index (χ3v) is 3.13. The minimum absolute atomic E-state index is 0.309. The summed E-state index contributed by atoms with van der Waals surface area (Å²) >= 11 is 0. The van der Waals surface area contributed by atoms with E-state index in [2.05, 4.69) is 29.3 Å². The van der Waals surface area contributed by atoms with Crippen LogP contribution in [0.3, 0.4) is 0 Å². The Hall–Kier alpha value is -2.04. The van der Waals surface area contributed by atoms with E-state index in [-0.39, 0.29) is 0 Å². The Balaban J connectivity index is 2.27. The largest absolute Gasteiger partial charge is 0.397 e. The van der Waals surface area contributed by atoms with Crippen LogP contribution in [-0.4, -0.2) is 16.2 Å². The van der Waals surface area contributed by atoms with E-state index in [9.17, 15) is 0 Å². The summed E-state index contributed by atoms with van der Waals surface area (Å²) in [6.45, 7) is 7.79. The van der Waals surface area contributed by atoms with Crippen LogP contribution in [0.15, 0.2) is 22.7 Å². The van der Waals surface area contributed by atoms with Crippen LogP contribution in [0.5, 0.6) is 0 Å². The van der Waals surface area contributed by atoms with Crippen molar-refractivity contribution in [3.8, 4) is 11.5 Å². The molecule has 20 heavy (non-hydrogen) atoms. The number of para-hydroxylation sites is 1. The van der Waals surface area contributed by atoms with E-state index in [1.165, 1.54) is 0 Å². The highest BCUT2D eigenvalue weighted by atomic mass is 16.5. The lowest BCUT2D eigenvalue weighted by molar-refractivity contribution is 0.425. The molecule has 0 fully saturated rings. The summed E-state index contributed by atoms with van der Waals surface area (Å²) in [5.74, 6) is 1.10. The number of nitrogens with zero attached hydrogens (tertiary/aromatic N) is 2. The van der Waals surface area contributed by atoms with Gasteiger partial charge in [0.15, 0.2) is 5.82 Å². The topological polar surface area (TPSA) is 77.0 Å². The smallest absolute Gasteiger partial charge is 0.260 e. The minimum atomic E-state index is 0.309. The van der Waals surface area contributed by atoms with Crippen molar-refractivity contribution >= 4 is 11.4 Å². The maximum absolute atomic E-state index is 6.08. The van der Waals surface area contributed by atoms with Gasteiger partial charge in [0, 0.05) is 6.04 Å². The quantitative estimate of drug-likeness (QED) is 0.788. The number of unbranched alkanes of at least 4 members (excludes halogenated alkanes) is 1. The van der Waals surface area contributed by atoms with Crippen molar-refractivity contribution in [3.63, 3.8) is 0 Å². The number of aryl methyl sites for hydroxylation is 1. The molecular formula is C15H21N4O. The zero-order chi connectivity index (χ0) is 14.5. The Morgan fingerprint density at radius 2 is 2.25 bits per heavy atom. The third kappa shape index (κ3) is 3.29. The number of aromatic nitrogens is 2. The predicted molar refractivity (Wildman–Crippen MR) is 81.2 cm³/mol. The van der Waals surface area contributed by atoms with Crippen LogP contribution in [0.4, 0.5) is 11.4 Å². The predicted octanol–water partition coefficient (Wildman–Crippen LogP) is 3.43. The molecule has 1 aromatic carbocycles. The molecule has 0 spiro atoms. The highest BCUT2D eigenvalue weighted by molar-refractivity contribution is 5.83. The van der Waals surface area contributed by atoms with Gasteiger partial charge in [0.05, 0.1) is 16.9 Å². The van der Waals surface area contributed by atoms with E-state index in [0.29, 0.717) is 23.4 Å². The first-order valence-electron chi connectivity index (χ1n) is 6.86. The lowest BCUT2D eigenvalue weighted by Crippen LogP contribution is -2.16. The minimum Gasteiger partial charge on any atom is -0.397 e. The maximum Gasteiger partial charge on any atom is 0.260 e. The molecular weight excluding hydrogens is 252 g/mol. The Kier molecular flexibility index (Phi) is 4.61. The number of benzene rings is 1. The fraction of sp³-hybridized carbons (Fsp3) is 0.400. The Labute approximate surface area is 119 Å². The lowest BCUT2D eigenvalue weighted by atomic mass is 10.1. The molecule has 0 aliphatic heterocycles. The van der Waals surface area contributed by atoms with Gasteiger partial charge in [-0.1, -0.05) is 31.0 Å². The first-order valence-corrected chi connectivity index (χ1v) is 6.86. The van der Waals surface area contributed by atoms with Gasteiger partial charge in [0.1, 0.15) is 0 Å². The van der Waals surface area contributed by atoms with Crippen LogP contribution in [0, 0.1) is 13.8 Å². The zero-order valence-corrected chi connectivity index (χ0v) is 12.0. The van der Waals surface area contributed by atoms with Crippen LogP contribution >= 0.6 is 0 Å². The first kappa shape index (κ1) is 14.4. The molecule has 1 aromatic heterocycles. The highest BCUT2D eigenvalue weighted by Crippen LogP contribution is 2.32. The van der Waals surface area contributed by atoms with Crippen LogP contribution in [-0.2, 0) is 0 Å². The van der Waals surface area contributed by atoms with Gasteiger partial charge in [-0.3, -0.25) is 0 Å². The number of nitrogens with one attached hydrogen (secondary N) is 1. The van der Waals surface area contributed by atoms with Crippen molar-refractivity contribution < 1.29 is 4.52 Å². The Morgan fingerprint density at radius 1 is 1.45 bits per heavy atom. The molecule has 2 aromatic rings. The first-order chi connectivity index (χ1) is 9.61. The fourth-order valence-corrected chi connectivity index (χ4v) is 2.09. The van der Waals surface area contributed by atoms with E-state index in [4.69, 9.17) is 10.3 Å². The number of nitrogens with two attached hydrogens (primary N) is 1. The second-order valence-corrected chi connectivity index (χ2v) is 4.96. The molecule has 0 bridgehead atoms. The molecule has 0 aliphatic rings. The van der Waals surface area contributed by atoms with Gasteiger partial charge in [-0.25, -0.2) is 0 Å². The summed E-state index contributed by atoms with van der Waals surface area (Å²) in [6.07, 6.45) is 3.06. The molecule has 0 aliphatic carbocycles. The van der Waals surface area contributed by atoms with Gasteiger partial charge in [-0.2, -0.15) is 4.98 Å². The zero-order valence-electron chi connectivity index (χ0n) is 12.0. The fourth-order valence-electron chi connectivity index (χ4n) is 2.09. The monoisotopic (exact) mass is 273 g/mol. The number of anilines is 2. The van der Waals surface area contributed by atoms with Crippen molar-refractivity contribution in [3.05, 3.63) is 30.9 Å². The van der Waals surface area contributed by atoms with E-state index in [0.717, 1.165) is 30.5 Å². The van der Waals surface area contributed by atoms with Crippen molar-refractivity contribution in [1.29, 1.82) is 0 Å². The van der Waals surface area contributed by atoms with Crippen LogP contribution in [0.25, 0.3) is 11.5 Å². The molecule has 5 nitrogen and oxygen atoms in total. The van der Waals surface area contributed by atoms with Gasteiger partial charge in [-0.15, -0.1) is 0 Å². The molecule has 1 atom stereocenters. The van der Waals surface area contributed by atoms with Gasteiger partial charge >= 0.3 is 0 Å². The van der Waals surface area contributed by atoms with Gasteiger partial charge in [0.25, 0.3) is 5.89 Å². The molecule has 3 N–H and O–H groups in total. The molecule has 0 saturated carbocycles. The normalized spacial score (nSPS) is 12.3. The molecule has 1 radical (unpaired) electrons. The Bertz CT molecular complexity index is 565. The average Bonchev–Trinajstić information content (AvgIpc) is 2.85.